The maximum absolute atomic E-state index is 14.1. The van der Waals surface area contributed by atoms with Crippen molar-refractivity contribution in [1.82, 2.24) is 14.7 Å². The number of hydrogen-bond acceptors (Lipinski definition) is 4. The summed E-state index contributed by atoms with van der Waals surface area (Å²) in [4.78, 5) is 33.9. The summed E-state index contributed by atoms with van der Waals surface area (Å²) in [6.07, 6.45) is 7.83. The van der Waals surface area contributed by atoms with Gasteiger partial charge in [-0.3, -0.25) is 14.5 Å². The van der Waals surface area contributed by atoms with Crippen molar-refractivity contribution >= 4 is 41.2 Å². The van der Waals surface area contributed by atoms with Gasteiger partial charge in [0.1, 0.15) is 0 Å². The molecule has 2 amide bonds. The Hall–Kier alpha value is -1.34. The van der Waals surface area contributed by atoms with Crippen LogP contribution in [0.4, 0.5) is 5.69 Å². The van der Waals surface area contributed by atoms with Crippen LogP contribution in [0, 0.1) is 11.8 Å². The first-order valence-corrected chi connectivity index (χ1v) is 14.5. The average molecular weight is 536 g/mol. The average Bonchev–Trinajstić information content (AvgIpc) is 3.10. The van der Waals surface area contributed by atoms with E-state index in [1.807, 2.05) is 21.9 Å². The predicted octanol–water partition coefficient (Wildman–Crippen LogP) is 4.66. The smallest absolute Gasteiger partial charge is 0.237 e. The molecule has 36 heavy (non-hydrogen) atoms. The highest BCUT2D eigenvalue weighted by molar-refractivity contribution is 6.42. The molecule has 1 saturated carbocycles. The van der Waals surface area contributed by atoms with E-state index in [1.165, 1.54) is 25.7 Å². The Morgan fingerprint density at radius 2 is 1.58 bits per heavy atom. The lowest BCUT2D eigenvalue weighted by Crippen LogP contribution is -2.53. The fourth-order valence-electron chi connectivity index (χ4n) is 7.07. The fraction of sp³-hybridized carbons (Fsp3) is 0.714. The van der Waals surface area contributed by atoms with Crippen LogP contribution < -0.4 is 4.90 Å². The molecule has 198 valence electrons. The quantitative estimate of drug-likeness (QED) is 0.498. The molecule has 0 N–H and O–H groups in total. The zero-order chi connectivity index (χ0) is 25.4. The number of likely N-dealkylation sites (tertiary alicyclic amines) is 1. The van der Waals surface area contributed by atoms with Crippen molar-refractivity contribution in [3.8, 4) is 0 Å². The van der Waals surface area contributed by atoms with Crippen LogP contribution in [-0.2, 0) is 15.0 Å². The first-order valence-electron chi connectivity index (χ1n) is 13.8. The van der Waals surface area contributed by atoms with Gasteiger partial charge in [-0.2, -0.15) is 0 Å². The minimum atomic E-state index is -0.495. The molecule has 3 fully saturated rings. The van der Waals surface area contributed by atoms with Crippen LogP contribution in [0.15, 0.2) is 12.1 Å². The van der Waals surface area contributed by atoms with Gasteiger partial charge < -0.3 is 14.7 Å². The van der Waals surface area contributed by atoms with Crippen LogP contribution in [0.3, 0.4) is 0 Å². The van der Waals surface area contributed by atoms with Gasteiger partial charge in [-0.15, -0.1) is 0 Å². The third-order valence-corrected chi connectivity index (χ3v) is 10.3. The summed E-state index contributed by atoms with van der Waals surface area (Å²) in [5.74, 6) is 1.85. The fourth-order valence-corrected chi connectivity index (χ4v) is 7.39. The van der Waals surface area contributed by atoms with E-state index in [2.05, 4.69) is 23.6 Å². The summed E-state index contributed by atoms with van der Waals surface area (Å²) < 4.78 is 0. The van der Waals surface area contributed by atoms with Gasteiger partial charge in [0, 0.05) is 51.0 Å². The van der Waals surface area contributed by atoms with E-state index < -0.39 is 5.41 Å². The molecule has 0 radical (unpaired) electrons. The SMILES string of the molecule is CC(C)C1CCC(N2CCC3(CC2)C(=O)N(CCN2CCN(C=O)CC2)c2cc(Cl)c(Cl)cc23)CC1. The second-order valence-electron chi connectivity index (χ2n) is 11.7. The summed E-state index contributed by atoms with van der Waals surface area (Å²) in [6, 6.07) is 4.52. The number of fused-ring (bicyclic) bond motifs is 2. The van der Waals surface area contributed by atoms with E-state index in [1.54, 1.807) is 0 Å². The lowest BCUT2D eigenvalue weighted by Gasteiger charge is -2.44. The van der Waals surface area contributed by atoms with Gasteiger partial charge in [-0.05, 0) is 81.1 Å². The zero-order valence-corrected chi connectivity index (χ0v) is 23.2. The topological polar surface area (TPSA) is 47.1 Å². The first-order chi connectivity index (χ1) is 17.3. The largest absolute Gasteiger partial charge is 0.343 e. The number of benzene rings is 1. The summed E-state index contributed by atoms with van der Waals surface area (Å²) in [5, 5.41) is 1.04. The van der Waals surface area contributed by atoms with Crippen LogP contribution in [-0.4, -0.2) is 85.4 Å². The number of amides is 2. The molecular formula is C28H40Cl2N4O2. The van der Waals surface area contributed by atoms with E-state index in [-0.39, 0.29) is 5.91 Å². The van der Waals surface area contributed by atoms with Crippen molar-refractivity contribution in [2.75, 3.05) is 57.3 Å². The lowest BCUT2D eigenvalue weighted by molar-refractivity contribution is -0.125. The van der Waals surface area contributed by atoms with Crippen molar-refractivity contribution < 1.29 is 9.59 Å². The first kappa shape index (κ1) is 26.3. The minimum Gasteiger partial charge on any atom is -0.343 e. The normalized spacial score (nSPS) is 27.2. The number of anilines is 1. The second kappa shape index (κ2) is 10.8. The van der Waals surface area contributed by atoms with Crippen molar-refractivity contribution in [3.05, 3.63) is 27.7 Å². The van der Waals surface area contributed by atoms with Crippen LogP contribution in [0.25, 0.3) is 0 Å². The van der Waals surface area contributed by atoms with E-state index in [0.717, 1.165) is 88.2 Å². The van der Waals surface area contributed by atoms with Crippen molar-refractivity contribution in [2.24, 2.45) is 11.8 Å². The Balaban J connectivity index is 1.28. The van der Waals surface area contributed by atoms with Gasteiger partial charge >= 0.3 is 0 Å². The maximum Gasteiger partial charge on any atom is 0.237 e. The van der Waals surface area contributed by atoms with Gasteiger partial charge in [0.05, 0.1) is 15.5 Å². The summed E-state index contributed by atoms with van der Waals surface area (Å²) in [6.45, 7) is 11.2. The van der Waals surface area contributed by atoms with E-state index in [9.17, 15) is 9.59 Å². The maximum atomic E-state index is 14.1. The number of carbonyl (C=O) groups excluding carboxylic acids is 2. The third kappa shape index (κ3) is 4.91. The number of nitrogens with zero attached hydrogens (tertiary/aromatic N) is 4. The molecule has 0 bridgehead atoms. The zero-order valence-electron chi connectivity index (χ0n) is 21.7. The molecule has 1 aromatic carbocycles. The van der Waals surface area contributed by atoms with Crippen molar-refractivity contribution in [1.29, 1.82) is 0 Å². The Kier molecular flexibility index (Phi) is 7.88. The van der Waals surface area contributed by atoms with Gasteiger partial charge in [0.25, 0.3) is 0 Å². The number of halogens is 2. The van der Waals surface area contributed by atoms with E-state index in [4.69, 9.17) is 23.2 Å². The molecule has 1 aromatic rings. The number of hydrogen-bond donors (Lipinski definition) is 0. The van der Waals surface area contributed by atoms with Gasteiger partial charge in [-0.1, -0.05) is 37.0 Å². The Morgan fingerprint density at radius 1 is 0.944 bits per heavy atom. The second-order valence-corrected chi connectivity index (χ2v) is 12.5. The lowest BCUT2D eigenvalue weighted by atomic mass is 9.72. The monoisotopic (exact) mass is 534 g/mol. The predicted molar refractivity (Wildman–Crippen MR) is 146 cm³/mol. The molecule has 5 rings (SSSR count). The molecule has 8 heteroatoms. The molecule has 2 saturated heterocycles. The molecule has 0 atom stereocenters. The minimum absolute atomic E-state index is 0.213. The van der Waals surface area contributed by atoms with Crippen LogP contribution >= 0.6 is 23.2 Å². The molecule has 0 aromatic heterocycles. The molecule has 1 aliphatic carbocycles. The van der Waals surface area contributed by atoms with Gasteiger partial charge in [0.15, 0.2) is 0 Å². The number of carbonyl (C=O) groups is 2. The molecular weight excluding hydrogens is 495 g/mol. The molecule has 3 aliphatic heterocycles. The van der Waals surface area contributed by atoms with Gasteiger partial charge in [0.2, 0.25) is 12.3 Å². The molecule has 1 spiro atoms. The molecule has 4 aliphatic rings. The van der Waals surface area contributed by atoms with Crippen molar-refractivity contribution in [2.45, 2.75) is 63.8 Å². The summed E-state index contributed by atoms with van der Waals surface area (Å²) in [5.41, 5.74) is 1.51. The van der Waals surface area contributed by atoms with E-state index >= 15 is 0 Å². The van der Waals surface area contributed by atoms with Crippen LogP contribution in [0.5, 0.6) is 0 Å². The summed E-state index contributed by atoms with van der Waals surface area (Å²) in [7, 11) is 0. The highest BCUT2D eigenvalue weighted by Gasteiger charge is 2.52. The molecule has 3 heterocycles. The highest BCUT2D eigenvalue weighted by atomic mass is 35.5. The standard InChI is InChI=1S/C28H40Cl2N4O2/c1-20(2)21-3-5-22(6-4-21)33-9-7-28(8-10-33)23-17-24(29)25(30)18-26(23)34(27(28)36)16-15-31-11-13-32(19-35)14-12-31/h17-22H,3-16H2,1-2H3. The van der Waals surface area contributed by atoms with Gasteiger partial charge in [-0.25, -0.2) is 0 Å². The number of rotatable bonds is 6. The Labute approximate surface area is 225 Å². The molecule has 0 unspecified atom stereocenters. The highest BCUT2D eigenvalue weighted by Crippen LogP contribution is 2.50. The molecule has 6 nitrogen and oxygen atoms in total. The third-order valence-electron chi connectivity index (χ3n) is 9.55. The number of piperidine rings is 1. The number of piperazine rings is 1. The summed E-state index contributed by atoms with van der Waals surface area (Å²) >= 11 is 12.9. The Bertz CT molecular complexity index is 963. The van der Waals surface area contributed by atoms with Crippen LogP contribution in [0.2, 0.25) is 10.0 Å². The van der Waals surface area contributed by atoms with E-state index in [0.29, 0.717) is 22.6 Å². The van der Waals surface area contributed by atoms with Crippen molar-refractivity contribution in [3.63, 3.8) is 0 Å². The van der Waals surface area contributed by atoms with Crippen LogP contribution in [0.1, 0.15) is 57.9 Å². The Morgan fingerprint density at radius 3 is 2.19 bits per heavy atom.